The van der Waals surface area contributed by atoms with Crippen molar-refractivity contribution in [2.45, 2.75) is 46.6 Å². The number of nitrogens with one attached hydrogen (secondary N) is 1. The fourth-order valence-corrected chi connectivity index (χ4v) is 4.98. The summed E-state index contributed by atoms with van der Waals surface area (Å²) in [4.78, 5) is 30.0. The van der Waals surface area contributed by atoms with E-state index in [2.05, 4.69) is 41.1 Å². The van der Waals surface area contributed by atoms with Crippen molar-refractivity contribution >= 4 is 11.8 Å². The van der Waals surface area contributed by atoms with E-state index in [0.29, 0.717) is 18.0 Å². The van der Waals surface area contributed by atoms with Crippen molar-refractivity contribution in [3.63, 3.8) is 0 Å². The number of rotatable bonds is 5. The van der Waals surface area contributed by atoms with Crippen molar-refractivity contribution in [2.75, 3.05) is 32.7 Å². The molecule has 0 aliphatic carbocycles. The SMILES string of the molecule is Cc1cccc(C(=O)NCCN2CCCC(C(=O)N3CCc4cc(C)c(C)cc4C3)C2)c1. The van der Waals surface area contributed by atoms with Crippen LogP contribution in [0.1, 0.15) is 51.0 Å². The summed E-state index contributed by atoms with van der Waals surface area (Å²) in [5.41, 5.74) is 7.12. The number of likely N-dealkylation sites (tertiary alicyclic amines) is 1. The van der Waals surface area contributed by atoms with Crippen LogP contribution in [-0.2, 0) is 17.8 Å². The Balaban J connectivity index is 1.28. The summed E-state index contributed by atoms with van der Waals surface area (Å²) in [6.45, 7) is 11.0. The zero-order chi connectivity index (χ0) is 22.7. The number of hydrogen-bond donors (Lipinski definition) is 1. The number of piperidine rings is 1. The number of hydrogen-bond acceptors (Lipinski definition) is 3. The maximum atomic E-state index is 13.3. The molecule has 5 nitrogen and oxygen atoms in total. The van der Waals surface area contributed by atoms with Gasteiger partial charge < -0.3 is 15.1 Å². The number of aryl methyl sites for hydroxylation is 3. The van der Waals surface area contributed by atoms with E-state index in [4.69, 9.17) is 0 Å². The Morgan fingerprint density at radius 2 is 1.81 bits per heavy atom. The van der Waals surface area contributed by atoms with E-state index < -0.39 is 0 Å². The predicted molar refractivity (Wildman–Crippen MR) is 128 cm³/mol. The summed E-state index contributed by atoms with van der Waals surface area (Å²) in [7, 11) is 0. The molecule has 1 unspecified atom stereocenters. The summed E-state index contributed by atoms with van der Waals surface area (Å²) in [6.07, 6.45) is 2.94. The first kappa shape index (κ1) is 22.5. The molecule has 32 heavy (non-hydrogen) atoms. The van der Waals surface area contributed by atoms with Crippen LogP contribution in [0.15, 0.2) is 36.4 Å². The molecule has 1 saturated heterocycles. The molecule has 1 N–H and O–H groups in total. The maximum absolute atomic E-state index is 13.3. The smallest absolute Gasteiger partial charge is 0.251 e. The van der Waals surface area contributed by atoms with Gasteiger partial charge in [0.05, 0.1) is 5.92 Å². The molecule has 2 aliphatic heterocycles. The molecule has 1 fully saturated rings. The van der Waals surface area contributed by atoms with Crippen molar-refractivity contribution in [1.29, 1.82) is 0 Å². The van der Waals surface area contributed by atoms with Crippen LogP contribution in [-0.4, -0.2) is 54.3 Å². The molecule has 5 heteroatoms. The minimum atomic E-state index is -0.0316. The molecule has 2 heterocycles. The van der Waals surface area contributed by atoms with Crippen molar-refractivity contribution in [1.82, 2.24) is 15.1 Å². The lowest BCUT2D eigenvalue weighted by atomic mass is 9.92. The molecular formula is C27H35N3O2. The van der Waals surface area contributed by atoms with Crippen molar-refractivity contribution in [3.05, 3.63) is 69.8 Å². The third-order valence-electron chi connectivity index (χ3n) is 6.99. The molecule has 2 aromatic carbocycles. The highest BCUT2D eigenvalue weighted by Crippen LogP contribution is 2.26. The fraction of sp³-hybridized carbons (Fsp3) is 0.481. The Bertz CT molecular complexity index is 1000. The van der Waals surface area contributed by atoms with Gasteiger partial charge in [-0.1, -0.05) is 29.8 Å². The molecule has 4 rings (SSSR count). The third-order valence-corrected chi connectivity index (χ3v) is 6.99. The van der Waals surface area contributed by atoms with Gasteiger partial charge in [-0.3, -0.25) is 9.59 Å². The molecule has 2 aromatic rings. The second-order valence-electron chi connectivity index (χ2n) is 9.48. The molecule has 0 aromatic heterocycles. The fourth-order valence-electron chi connectivity index (χ4n) is 4.98. The van der Waals surface area contributed by atoms with Gasteiger partial charge in [0.1, 0.15) is 0 Å². The highest BCUT2D eigenvalue weighted by atomic mass is 16.2. The quantitative estimate of drug-likeness (QED) is 0.783. The van der Waals surface area contributed by atoms with Gasteiger partial charge in [-0.25, -0.2) is 0 Å². The first-order valence-electron chi connectivity index (χ1n) is 11.9. The van der Waals surface area contributed by atoms with E-state index in [-0.39, 0.29) is 11.8 Å². The molecular weight excluding hydrogens is 398 g/mol. The third kappa shape index (κ3) is 5.21. The van der Waals surface area contributed by atoms with Gasteiger partial charge in [0.15, 0.2) is 0 Å². The van der Waals surface area contributed by atoms with Gasteiger partial charge in [-0.15, -0.1) is 0 Å². The number of carbonyl (C=O) groups excluding carboxylic acids is 2. The Labute approximate surface area is 191 Å². The highest BCUT2D eigenvalue weighted by Gasteiger charge is 2.31. The van der Waals surface area contributed by atoms with Gasteiger partial charge in [0.2, 0.25) is 5.91 Å². The molecule has 0 spiro atoms. The Hall–Kier alpha value is -2.66. The van der Waals surface area contributed by atoms with Crippen molar-refractivity contribution in [3.8, 4) is 0 Å². The van der Waals surface area contributed by atoms with E-state index in [9.17, 15) is 9.59 Å². The molecule has 0 saturated carbocycles. The van der Waals surface area contributed by atoms with Crippen LogP contribution in [0.4, 0.5) is 0 Å². The lowest BCUT2D eigenvalue weighted by molar-refractivity contribution is -0.138. The molecule has 2 aliphatic rings. The van der Waals surface area contributed by atoms with Crippen molar-refractivity contribution < 1.29 is 9.59 Å². The van der Waals surface area contributed by atoms with Crippen LogP contribution >= 0.6 is 0 Å². The van der Waals surface area contributed by atoms with Crippen LogP contribution in [0.3, 0.4) is 0 Å². The average Bonchev–Trinajstić information content (AvgIpc) is 2.79. The van der Waals surface area contributed by atoms with Gasteiger partial charge in [-0.2, -0.15) is 0 Å². The van der Waals surface area contributed by atoms with Gasteiger partial charge in [0.25, 0.3) is 5.91 Å². The minimum absolute atomic E-state index is 0.0316. The number of nitrogens with zero attached hydrogens (tertiary/aromatic N) is 2. The van der Waals surface area contributed by atoms with Crippen molar-refractivity contribution in [2.24, 2.45) is 5.92 Å². The second-order valence-corrected chi connectivity index (χ2v) is 9.48. The largest absolute Gasteiger partial charge is 0.351 e. The monoisotopic (exact) mass is 433 g/mol. The van der Waals surface area contributed by atoms with Gasteiger partial charge in [-0.05, 0) is 81.0 Å². The molecule has 0 bridgehead atoms. The molecule has 0 radical (unpaired) electrons. The van der Waals surface area contributed by atoms with Crippen LogP contribution in [0.5, 0.6) is 0 Å². The number of amides is 2. The number of carbonyl (C=O) groups is 2. The Morgan fingerprint density at radius 1 is 1.03 bits per heavy atom. The van der Waals surface area contributed by atoms with E-state index in [0.717, 1.165) is 57.5 Å². The first-order chi connectivity index (χ1) is 15.4. The van der Waals surface area contributed by atoms with Crippen LogP contribution in [0.2, 0.25) is 0 Å². The Kier molecular flexibility index (Phi) is 6.95. The summed E-state index contributed by atoms with van der Waals surface area (Å²) in [5.74, 6) is 0.322. The Morgan fingerprint density at radius 3 is 2.59 bits per heavy atom. The van der Waals surface area contributed by atoms with E-state index in [1.54, 1.807) is 0 Å². The lowest BCUT2D eigenvalue weighted by Gasteiger charge is -2.37. The zero-order valence-electron chi connectivity index (χ0n) is 19.6. The summed E-state index contributed by atoms with van der Waals surface area (Å²) in [5, 5.41) is 3.03. The van der Waals surface area contributed by atoms with Gasteiger partial charge >= 0.3 is 0 Å². The van der Waals surface area contributed by atoms with Crippen LogP contribution < -0.4 is 5.32 Å². The standard InChI is InChI=1S/C27H35N3O2/c1-19-6-4-7-23(14-19)26(31)28-10-13-29-11-5-8-24(17-29)27(32)30-12-9-22-15-20(2)21(3)16-25(22)18-30/h4,6-7,14-16,24H,5,8-13,17-18H2,1-3H3,(H,28,31). The minimum Gasteiger partial charge on any atom is -0.351 e. The van der Waals surface area contributed by atoms with E-state index in [1.807, 2.05) is 31.2 Å². The molecule has 170 valence electrons. The summed E-state index contributed by atoms with van der Waals surface area (Å²) < 4.78 is 0. The first-order valence-corrected chi connectivity index (χ1v) is 11.9. The molecule has 2 amide bonds. The maximum Gasteiger partial charge on any atom is 0.251 e. The topological polar surface area (TPSA) is 52.7 Å². The van der Waals surface area contributed by atoms with Gasteiger partial charge in [0, 0.05) is 38.3 Å². The number of fused-ring (bicyclic) bond motifs is 1. The second kappa shape index (κ2) is 9.86. The lowest BCUT2D eigenvalue weighted by Crippen LogP contribution is -2.47. The summed E-state index contributed by atoms with van der Waals surface area (Å²) in [6, 6.07) is 12.2. The van der Waals surface area contributed by atoms with Crippen LogP contribution in [0.25, 0.3) is 0 Å². The van der Waals surface area contributed by atoms with E-state index >= 15 is 0 Å². The summed E-state index contributed by atoms with van der Waals surface area (Å²) >= 11 is 0. The number of benzene rings is 2. The highest BCUT2D eigenvalue weighted by molar-refractivity contribution is 5.94. The predicted octanol–water partition coefficient (Wildman–Crippen LogP) is 3.64. The molecule has 1 atom stereocenters. The zero-order valence-corrected chi connectivity index (χ0v) is 19.6. The van der Waals surface area contributed by atoms with Crippen LogP contribution in [0, 0.1) is 26.7 Å². The van der Waals surface area contributed by atoms with E-state index in [1.165, 1.54) is 22.3 Å². The normalized spacial score (nSPS) is 18.8. The average molecular weight is 434 g/mol.